The zero-order valence-corrected chi connectivity index (χ0v) is 15.9. The van der Waals surface area contributed by atoms with Gasteiger partial charge >= 0.3 is 0 Å². The first-order valence-corrected chi connectivity index (χ1v) is 9.42. The molecule has 0 spiro atoms. The number of carbonyl (C=O) groups excluding carboxylic acids is 1. The van der Waals surface area contributed by atoms with Crippen molar-refractivity contribution < 1.29 is 14.1 Å². The van der Waals surface area contributed by atoms with Crippen molar-refractivity contribution in [3.05, 3.63) is 27.3 Å². The van der Waals surface area contributed by atoms with E-state index in [4.69, 9.17) is 9.26 Å². The largest absolute Gasteiger partial charge is 0.384 e. The summed E-state index contributed by atoms with van der Waals surface area (Å²) < 4.78 is 10.5. The van der Waals surface area contributed by atoms with Gasteiger partial charge in [-0.15, -0.1) is 11.3 Å². The number of aryl methyl sites for hydroxylation is 1. The molecule has 1 unspecified atom stereocenters. The number of aromatic nitrogens is 3. The molecular formula is C17H24N4O3S. The van der Waals surface area contributed by atoms with Crippen molar-refractivity contribution in [2.24, 2.45) is 0 Å². The summed E-state index contributed by atoms with van der Waals surface area (Å²) in [5, 5.41) is 4.99. The second-order valence-electron chi connectivity index (χ2n) is 6.57. The molecule has 2 aromatic heterocycles. The van der Waals surface area contributed by atoms with Gasteiger partial charge in [0.1, 0.15) is 10.9 Å². The third kappa shape index (κ3) is 3.74. The molecule has 8 heteroatoms. The van der Waals surface area contributed by atoms with Crippen LogP contribution in [0.15, 0.2) is 4.52 Å². The summed E-state index contributed by atoms with van der Waals surface area (Å²) >= 11 is 1.49. The van der Waals surface area contributed by atoms with E-state index in [1.807, 2.05) is 11.8 Å². The Morgan fingerprint density at radius 3 is 2.92 bits per heavy atom. The van der Waals surface area contributed by atoms with Crippen molar-refractivity contribution in [1.29, 1.82) is 0 Å². The number of hydrogen-bond acceptors (Lipinski definition) is 7. The summed E-state index contributed by atoms with van der Waals surface area (Å²) in [7, 11) is 1.64. The number of hydrogen-bond donors (Lipinski definition) is 0. The standard InChI is InChI=1S/C17H24N4O3S/c1-10(2)16-18-11(3)14(25-16)17(22)21-8-5-6-12(21)15-19-13(20-24-15)7-9-23-4/h10,12H,5-9H2,1-4H3. The van der Waals surface area contributed by atoms with Crippen molar-refractivity contribution in [3.63, 3.8) is 0 Å². The average molecular weight is 364 g/mol. The predicted octanol–water partition coefficient (Wildman–Crippen LogP) is 3.12. The first-order valence-electron chi connectivity index (χ1n) is 8.61. The van der Waals surface area contributed by atoms with Crippen molar-refractivity contribution in [1.82, 2.24) is 20.0 Å². The zero-order valence-electron chi connectivity index (χ0n) is 15.1. The highest BCUT2D eigenvalue weighted by molar-refractivity contribution is 7.13. The molecule has 0 aliphatic carbocycles. The molecule has 7 nitrogen and oxygen atoms in total. The number of ether oxygens (including phenoxy) is 1. The highest BCUT2D eigenvalue weighted by atomic mass is 32.1. The molecule has 0 radical (unpaired) electrons. The van der Waals surface area contributed by atoms with Gasteiger partial charge in [-0.25, -0.2) is 4.98 Å². The molecule has 3 rings (SSSR count). The minimum atomic E-state index is -0.153. The smallest absolute Gasteiger partial charge is 0.266 e. The van der Waals surface area contributed by atoms with Crippen LogP contribution in [0, 0.1) is 6.92 Å². The van der Waals surface area contributed by atoms with Gasteiger partial charge in [0.25, 0.3) is 5.91 Å². The third-order valence-electron chi connectivity index (χ3n) is 4.31. The number of amides is 1. The van der Waals surface area contributed by atoms with Crippen LogP contribution in [-0.4, -0.2) is 46.2 Å². The average Bonchev–Trinajstić information content (AvgIpc) is 3.30. The quantitative estimate of drug-likeness (QED) is 0.783. The topological polar surface area (TPSA) is 81.4 Å². The van der Waals surface area contributed by atoms with Crippen LogP contribution < -0.4 is 0 Å². The van der Waals surface area contributed by atoms with Crippen molar-refractivity contribution >= 4 is 17.2 Å². The zero-order chi connectivity index (χ0) is 18.0. The maximum atomic E-state index is 13.1. The second kappa shape index (κ2) is 7.61. The van der Waals surface area contributed by atoms with E-state index in [-0.39, 0.29) is 11.9 Å². The van der Waals surface area contributed by atoms with E-state index < -0.39 is 0 Å². The fourth-order valence-corrected chi connectivity index (χ4v) is 3.98. The molecule has 0 bridgehead atoms. The van der Waals surface area contributed by atoms with Gasteiger partial charge in [0.15, 0.2) is 5.82 Å². The Bertz CT molecular complexity index is 740. The molecule has 1 atom stereocenters. The lowest BCUT2D eigenvalue weighted by atomic mass is 10.2. The molecule has 1 saturated heterocycles. The van der Waals surface area contributed by atoms with Crippen LogP contribution >= 0.6 is 11.3 Å². The van der Waals surface area contributed by atoms with E-state index in [2.05, 4.69) is 29.0 Å². The van der Waals surface area contributed by atoms with Gasteiger partial charge in [0, 0.05) is 26.0 Å². The number of thiazole rings is 1. The molecule has 3 heterocycles. The lowest BCUT2D eigenvalue weighted by Gasteiger charge is -2.21. The van der Waals surface area contributed by atoms with E-state index in [0.29, 0.717) is 37.2 Å². The number of carbonyl (C=O) groups is 1. The molecule has 1 fully saturated rings. The van der Waals surface area contributed by atoms with Gasteiger partial charge in [-0.3, -0.25) is 4.79 Å². The van der Waals surface area contributed by atoms with E-state index in [9.17, 15) is 4.79 Å². The Kier molecular flexibility index (Phi) is 5.48. The number of methoxy groups -OCH3 is 1. The van der Waals surface area contributed by atoms with Gasteiger partial charge in [0.05, 0.1) is 17.3 Å². The van der Waals surface area contributed by atoms with Crippen LogP contribution in [0.3, 0.4) is 0 Å². The summed E-state index contributed by atoms with van der Waals surface area (Å²) in [6.45, 7) is 7.32. The van der Waals surface area contributed by atoms with Crippen molar-refractivity contribution in [3.8, 4) is 0 Å². The van der Waals surface area contributed by atoms with Gasteiger partial charge in [0.2, 0.25) is 5.89 Å². The highest BCUT2D eigenvalue weighted by Gasteiger charge is 2.36. The van der Waals surface area contributed by atoms with Gasteiger partial charge in [-0.2, -0.15) is 4.98 Å². The van der Waals surface area contributed by atoms with Crippen LogP contribution in [0.4, 0.5) is 0 Å². The van der Waals surface area contributed by atoms with Crippen LogP contribution in [0.2, 0.25) is 0 Å². The van der Waals surface area contributed by atoms with Crippen molar-refractivity contribution in [2.45, 2.75) is 52.0 Å². The maximum absolute atomic E-state index is 13.1. The second-order valence-corrected chi connectivity index (χ2v) is 7.60. The molecule has 0 N–H and O–H groups in total. The summed E-state index contributed by atoms with van der Waals surface area (Å²) in [4.78, 5) is 24.6. The Hall–Kier alpha value is -1.80. The molecule has 0 saturated carbocycles. The van der Waals surface area contributed by atoms with Crippen molar-refractivity contribution in [2.75, 3.05) is 20.3 Å². The molecule has 2 aromatic rings. The number of rotatable bonds is 6. The Balaban J connectivity index is 1.79. The van der Waals surface area contributed by atoms with Crippen LogP contribution in [0.25, 0.3) is 0 Å². The van der Waals surface area contributed by atoms with E-state index in [1.165, 1.54) is 11.3 Å². The van der Waals surface area contributed by atoms with Crippen LogP contribution in [0.5, 0.6) is 0 Å². The SMILES string of the molecule is COCCc1noc(C2CCCN2C(=O)c2sc(C(C)C)nc2C)n1. The van der Waals surface area contributed by atoms with Gasteiger partial charge in [-0.05, 0) is 19.8 Å². The maximum Gasteiger partial charge on any atom is 0.266 e. The summed E-state index contributed by atoms with van der Waals surface area (Å²) in [5.74, 6) is 1.47. The number of likely N-dealkylation sites (tertiary alicyclic amines) is 1. The molecular weight excluding hydrogens is 340 g/mol. The first-order chi connectivity index (χ1) is 12.0. The molecule has 1 aliphatic rings. The predicted molar refractivity (Wildman–Crippen MR) is 93.8 cm³/mol. The molecule has 0 aromatic carbocycles. The van der Waals surface area contributed by atoms with Gasteiger partial charge < -0.3 is 14.2 Å². The van der Waals surface area contributed by atoms with E-state index >= 15 is 0 Å². The molecule has 136 valence electrons. The third-order valence-corrected chi connectivity index (χ3v) is 5.76. The monoisotopic (exact) mass is 364 g/mol. The Morgan fingerprint density at radius 2 is 2.24 bits per heavy atom. The molecule has 1 amide bonds. The van der Waals surface area contributed by atoms with Crippen LogP contribution in [0.1, 0.15) is 70.7 Å². The Labute approximate surface area is 151 Å². The fraction of sp³-hybridized carbons (Fsp3) is 0.647. The lowest BCUT2D eigenvalue weighted by Crippen LogP contribution is -2.30. The minimum absolute atomic E-state index is 0.0149. The van der Waals surface area contributed by atoms with E-state index in [1.54, 1.807) is 7.11 Å². The van der Waals surface area contributed by atoms with Crippen LogP contribution in [-0.2, 0) is 11.2 Å². The van der Waals surface area contributed by atoms with Gasteiger partial charge in [-0.1, -0.05) is 19.0 Å². The summed E-state index contributed by atoms with van der Waals surface area (Å²) in [6, 6.07) is -0.153. The van der Waals surface area contributed by atoms with E-state index in [0.717, 1.165) is 28.4 Å². The molecule has 1 aliphatic heterocycles. The minimum Gasteiger partial charge on any atom is -0.384 e. The Morgan fingerprint density at radius 1 is 1.44 bits per heavy atom. The summed E-state index contributed by atoms with van der Waals surface area (Å²) in [6.07, 6.45) is 2.37. The highest BCUT2D eigenvalue weighted by Crippen LogP contribution is 2.34. The summed E-state index contributed by atoms with van der Waals surface area (Å²) in [5.41, 5.74) is 0.802. The fourth-order valence-electron chi connectivity index (χ4n) is 2.96. The molecule has 25 heavy (non-hydrogen) atoms. The number of nitrogens with zero attached hydrogens (tertiary/aromatic N) is 4. The lowest BCUT2D eigenvalue weighted by molar-refractivity contribution is 0.0714. The first kappa shape index (κ1) is 18.0. The normalized spacial score (nSPS) is 17.6.